The minimum absolute atomic E-state index is 0.00646. The van der Waals surface area contributed by atoms with Crippen molar-refractivity contribution < 1.29 is 14.4 Å². The minimum Gasteiger partial charge on any atom is -0.481 e. The summed E-state index contributed by atoms with van der Waals surface area (Å²) in [7, 11) is 1.55. The Morgan fingerprint density at radius 3 is 2.85 bits per heavy atom. The van der Waals surface area contributed by atoms with Gasteiger partial charge in [-0.1, -0.05) is 35.5 Å². The third-order valence-corrected chi connectivity index (χ3v) is 4.98. The molecule has 0 aliphatic carbocycles. The van der Waals surface area contributed by atoms with Crippen molar-refractivity contribution in [2.24, 2.45) is 11.1 Å². The number of carbonyl (C=O) groups is 1. The Hall–Kier alpha value is -2.93. The van der Waals surface area contributed by atoms with Crippen molar-refractivity contribution in [3.8, 4) is 5.88 Å². The van der Waals surface area contributed by atoms with Crippen LogP contribution in [-0.2, 0) is 16.1 Å². The Bertz CT molecular complexity index is 823. The summed E-state index contributed by atoms with van der Waals surface area (Å²) in [6.07, 6.45) is 2.50. The number of aromatic nitrogens is 1. The van der Waals surface area contributed by atoms with E-state index in [2.05, 4.69) is 44.6 Å². The maximum absolute atomic E-state index is 12.6. The zero-order chi connectivity index (χ0) is 18.6. The van der Waals surface area contributed by atoms with Crippen LogP contribution in [0.5, 0.6) is 5.88 Å². The van der Waals surface area contributed by atoms with E-state index in [1.165, 1.54) is 5.56 Å². The van der Waals surface area contributed by atoms with Gasteiger partial charge in [0.25, 0.3) is 5.91 Å². The molecule has 1 N–H and O–H groups in total. The molecule has 140 valence electrons. The van der Waals surface area contributed by atoms with Gasteiger partial charge in [-0.15, -0.1) is 0 Å². The fourth-order valence-electron chi connectivity index (χ4n) is 3.51. The molecule has 2 aromatic rings. The zero-order valence-corrected chi connectivity index (χ0v) is 15.2. The summed E-state index contributed by atoms with van der Waals surface area (Å²) in [5.41, 5.74) is 2.37. The molecule has 7 nitrogen and oxygen atoms in total. The maximum atomic E-state index is 12.6. The molecule has 0 radical (unpaired) electrons. The average molecular weight is 366 g/mol. The highest BCUT2D eigenvalue weighted by Crippen LogP contribution is 2.28. The molecule has 2 aliphatic rings. The maximum Gasteiger partial charge on any atom is 0.273 e. The van der Waals surface area contributed by atoms with Crippen LogP contribution in [0.25, 0.3) is 0 Å². The van der Waals surface area contributed by atoms with Gasteiger partial charge in [-0.2, -0.15) is 0 Å². The molecule has 2 aliphatic heterocycles. The Labute approximate surface area is 158 Å². The van der Waals surface area contributed by atoms with E-state index in [0.29, 0.717) is 17.3 Å². The molecule has 1 amide bonds. The number of benzene rings is 1. The fraction of sp³-hybridized carbons (Fsp3) is 0.350. The lowest BCUT2D eigenvalue weighted by atomic mass is 10.0. The lowest BCUT2D eigenvalue weighted by Gasteiger charge is -2.16. The van der Waals surface area contributed by atoms with E-state index in [9.17, 15) is 4.79 Å². The third kappa shape index (κ3) is 3.93. The van der Waals surface area contributed by atoms with E-state index >= 15 is 0 Å². The summed E-state index contributed by atoms with van der Waals surface area (Å²) >= 11 is 0. The number of fused-ring (bicyclic) bond motifs is 1. The quantitative estimate of drug-likeness (QED) is 0.846. The van der Waals surface area contributed by atoms with Crippen molar-refractivity contribution in [3.05, 3.63) is 54.2 Å². The van der Waals surface area contributed by atoms with E-state index < -0.39 is 0 Å². The van der Waals surface area contributed by atoms with Crippen molar-refractivity contribution in [3.63, 3.8) is 0 Å². The normalized spacial score (nSPS) is 21.3. The molecule has 2 atom stereocenters. The number of amides is 1. The van der Waals surface area contributed by atoms with Gasteiger partial charge in [0.2, 0.25) is 5.88 Å². The van der Waals surface area contributed by atoms with E-state index in [-0.39, 0.29) is 17.9 Å². The first-order valence-electron chi connectivity index (χ1n) is 9.04. The lowest BCUT2D eigenvalue weighted by Crippen LogP contribution is -2.32. The highest BCUT2D eigenvalue weighted by Gasteiger charge is 2.44. The number of nitrogens with one attached hydrogen (secondary N) is 1. The third-order valence-electron chi connectivity index (χ3n) is 4.98. The highest BCUT2D eigenvalue weighted by atomic mass is 16.6. The van der Waals surface area contributed by atoms with Crippen molar-refractivity contribution in [2.45, 2.75) is 12.5 Å². The van der Waals surface area contributed by atoms with Crippen molar-refractivity contribution in [1.29, 1.82) is 0 Å². The summed E-state index contributed by atoms with van der Waals surface area (Å²) < 4.78 is 5.02. The van der Waals surface area contributed by atoms with Crippen LogP contribution in [0.2, 0.25) is 0 Å². The van der Waals surface area contributed by atoms with Gasteiger partial charge in [-0.25, -0.2) is 4.98 Å². The molecule has 1 saturated heterocycles. The number of hydrogen-bond acceptors (Lipinski definition) is 6. The van der Waals surface area contributed by atoms with Gasteiger partial charge < -0.3 is 14.9 Å². The molecule has 0 saturated carbocycles. The van der Waals surface area contributed by atoms with Crippen LogP contribution in [0.4, 0.5) is 5.69 Å². The van der Waals surface area contributed by atoms with Crippen molar-refractivity contribution in [2.75, 3.05) is 32.1 Å². The van der Waals surface area contributed by atoms with Gasteiger partial charge in [-0.05, 0) is 18.1 Å². The van der Waals surface area contributed by atoms with E-state index in [1.54, 1.807) is 25.4 Å². The standard InChI is InChI=1S/C20H22N4O3/c1-26-18-8-7-15(11-21-18)22-20(25)19-16-12-24(13-17(16)27-23-19)10-9-14-5-3-2-4-6-14/h2-8,11,16-17H,9-10,12-13H2,1H3,(H,22,25)/t16-,17+/m0/s1. The molecule has 0 unspecified atom stereocenters. The van der Waals surface area contributed by atoms with Crippen molar-refractivity contribution in [1.82, 2.24) is 9.88 Å². The number of rotatable bonds is 6. The predicted octanol–water partition coefficient (Wildman–Crippen LogP) is 1.96. The number of oxime groups is 1. The van der Waals surface area contributed by atoms with Crippen LogP contribution < -0.4 is 10.1 Å². The predicted molar refractivity (Wildman–Crippen MR) is 102 cm³/mol. The number of pyridine rings is 1. The first-order valence-corrected chi connectivity index (χ1v) is 9.04. The second kappa shape index (κ2) is 7.75. The fourth-order valence-corrected chi connectivity index (χ4v) is 3.51. The van der Waals surface area contributed by atoms with Gasteiger partial charge in [0.05, 0.1) is 24.9 Å². The number of hydrogen-bond donors (Lipinski definition) is 1. The Balaban J connectivity index is 1.33. The molecule has 1 aromatic heterocycles. The Kier molecular flexibility index (Phi) is 5.02. The number of anilines is 1. The Morgan fingerprint density at radius 2 is 2.11 bits per heavy atom. The molecular formula is C20H22N4O3. The molecule has 1 fully saturated rings. The monoisotopic (exact) mass is 366 g/mol. The molecule has 0 bridgehead atoms. The summed E-state index contributed by atoms with van der Waals surface area (Å²) in [5, 5.41) is 6.87. The van der Waals surface area contributed by atoms with Gasteiger partial charge in [-0.3, -0.25) is 9.69 Å². The zero-order valence-electron chi connectivity index (χ0n) is 15.2. The molecule has 1 aromatic carbocycles. The van der Waals surface area contributed by atoms with E-state index in [0.717, 1.165) is 26.1 Å². The number of methoxy groups -OCH3 is 1. The number of ether oxygens (including phenoxy) is 1. The van der Waals surface area contributed by atoms with E-state index in [4.69, 9.17) is 9.57 Å². The minimum atomic E-state index is -0.237. The first kappa shape index (κ1) is 17.5. The second-order valence-corrected chi connectivity index (χ2v) is 6.77. The summed E-state index contributed by atoms with van der Waals surface area (Å²) in [5.74, 6) is 0.269. The van der Waals surface area contributed by atoms with Crippen LogP contribution in [0.1, 0.15) is 5.56 Å². The average Bonchev–Trinajstić information content (AvgIpc) is 3.28. The van der Waals surface area contributed by atoms with Crippen LogP contribution in [0, 0.1) is 5.92 Å². The van der Waals surface area contributed by atoms with Gasteiger partial charge in [0.15, 0.2) is 5.71 Å². The molecular weight excluding hydrogens is 344 g/mol. The molecule has 0 spiro atoms. The molecule has 7 heteroatoms. The van der Waals surface area contributed by atoms with Crippen molar-refractivity contribution >= 4 is 17.3 Å². The second-order valence-electron chi connectivity index (χ2n) is 6.77. The molecule has 4 rings (SSSR count). The van der Waals surface area contributed by atoms with Gasteiger partial charge in [0.1, 0.15) is 6.10 Å². The van der Waals surface area contributed by atoms with Crippen LogP contribution >= 0.6 is 0 Å². The molecule has 27 heavy (non-hydrogen) atoms. The highest BCUT2D eigenvalue weighted by molar-refractivity contribution is 6.44. The topological polar surface area (TPSA) is 76.1 Å². The summed E-state index contributed by atoms with van der Waals surface area (Å²) in [6, 6.07) is 13.9. The van der Waals surface area contributed by atoms with E-state index in [1.807, 2.05) is 6.07 Å². The number of nitrogens with zero attached hydrogens (tertiary/aromatic N) is 3. The van der Waals surface area contributed by atoms with Gasteiger partial charge >= 0.3 is 0 Å². The SMILES string of the molecule is COc1ccc(NC(=O)C2=NO[C@@H]3CN(CCc4ccccc4)C[C@H]23)cn1. The number of carbonyl (C=O) groups excluding carboxylic acids is 1. The van der Waals surface area contributed by atoms with Gasteiger partial charge in [0, 0.05) is 25.7 Å². The Morgan fingerprint density at radius 1 is 1.26 bits per heavy atom. The van der Waals surface area contributed by atoms with Crippen LogP contribution in [-0.4, -0.2) is 54.4 Å². The van der Waals surface area contributed by atoms with Crippen LogP contribution in [0.15, 0.2) is 53.8 Å². The largest absolute Gasteiger partial charge is 0.481 e. The molecule has 3 heterocycles. The first-order chi connectivity index (χ1) is 13.2. The summed E-state index contributed by atoms with van der Waals surface area (Å²) in [4.78, 5) is 24.5. The van der Waals surface area contributed by atoms with Crippen LogP contribution in [0.3, 0.4) is 0 Å². The summed E-state index contributed by atoms with van der Waals surface area (Å²) in [6.45, 7) is 2.52. The lowest BCUT2D eigenvalue weighted by molar-refractivity contribution is -0.110. The number of likely N-dealkylation sites (tertiary alicyclic amines) is 1. The smallest absolute Gasteiger partial charge is 0.273 e.